The van der Waals surface area contributed by atoms with E-state index in [9.17, 15) is 4.79 Å². The molecule has 0 N–H and O–H groups in total. The van der Waals surface area contributed by atoms with Gasteiger partial charge in [0.2, 0.25) is 5.91 Å². The van der Waals surface area contributed by atoms with E-state index in [2.05, 4.69) is 22.0 Å². The fourth-order valence-electron chi connectivity index (χ4n) is 3.91. The predicted molar refractivity (Wildman–Crippen MR) is 123 cm³/mol. The minimum absolute atomic E-state index is 0.161. The van der Waals surface area contributed by atoms with Crippen LogP contribution in [0, 0.1) is 0 Å². The van der Waals surface area contributed by atoms with Crippen LogP contribution >= 0.6 is 0 Å². The van der Waals surface area contributed by atoms with Crippen molar-refractivity contribution >= 4 is 11.6 Å². The zero-order valence-electron chi connectivity index (χ0n) is 17.8. The summed E-state index contributed by atoms with van der Waals surface area (Å²) in [5, 5.41) is 0. The summed E-state index contributed by atoms with van der Waals surface area (Å²) in [7, 11) is 0. The van der Waals surface area contributed by atoms with Crippen LogP contribution in [0.2, 0.25) is 0 Å². The molecule has 1 saturated heterocycles. The molecule has 0 radical (unpaired) electrons. The van der Waals surface area contributed by atoms with E-state index in [0.717, 1.165) is 37.2 Å². The lowest BCUT2D eigenvalue weighted by molar-refractivity contribution is -0.132. The van der Waals surface area contributed by atoms with Crippen LogP contribution in [0.4, 0.5) is 5.69 Å². The van der Waals surface area contributed by atoms with Crippen LogP contribution in [0.5, 0.6) is 0 Å². The van der Waals surface area contributed by atoms with Crippen molar-refractivity contribution in [2.24, 2.45) is 0 Å². The Bertz CT molecular complexity index is 927. The second kappa shape index (κ2) is 10.7. The van der Waals surface area contributed by atoms with Gasteiger partial charge in [-0.1, -0.05) is 54.6 Å². The van der Waals surface area contributed by atoms with E-state index in [1.54, 1.807) is 6.20 Å². The van der Waals surface area contributed by atoms with Crippen LogP contribution in [0.15, 0.2) is 85.2 Å². The molecule has 0 bridgehead atoms. The Kier molecular flexibility index (Phi) is 7.29. The van der Waals surface area contributed by atoms with Crippen molar-refractivity contribution in [3.05, 3.63) is 96.3 Å². The Morgan fingerprint density at radius 3 is 2.29 bits per heavy atom. The van der Waals surface area contributed by atoms with E-state index in [1.807, 2.05) is 71.8 Å². The molecule has 5 heteroatoms. The Labute approximate surface area is 184 Å². The van der Waals surface area contributed by atoms with Crippen molar-refractivity contribution in [3.63, 3.8) is 0 Å². The number of amides is 1. The molecule has 1 amide bonds. The number of aromatic nitrogens is 1. The summed E-state index contributed by atoms with van der Waals surface area (Å²) in [6.07, 6.45) is 5.60. The van der Waals surface area contributed by atoms with Crippen molar-refractivity contribution < 1.29 is 9.53 Å². The monoisotopic (exact) mass is 415 g/mol. The van der Waals surface area contributed by atoms with Crippen LogP contribution in [0.25, 0.3) is 0 Å². The molecule has 1 aromatic heterocycles. The van der Waals surface area contributed by atoms with Gasteiger partial charge in [-0.25, -0.2) is 0 Å². The number of anilines is 1. The second-order valence-corrected chi connectivity index (χ2v) is 7.93. The lowest BCUT2D eigenvalue weighted by atomic mass is 10.1. The van der Waals surface area contributed by atoms with Crippen molar-refractivity contribution in [3.8, 4) is 0 Å². The summed E-state index contributed by atoms with van der Waals surface area (Å²) in [6, 6.07) is 24.3. The van der Waals surface area contributed by atoms with Crippen LogP contribution in [-0.4, -0.2) is 41.5 Å². The standard InChI is InChI=1S/C26H29N3O2/c30-26(28-16-13-25(14-17-28)31-21-22-8-3-1-4-9-22)20-29(24-11-5-2-6-12-24)19-23-10-7-15-27-18-23/h1-12,15,18,25H,13-14,16-17,19-21H2. The number of ether oxygens (including phenoxy) is 1. The van der Waals surface area contributed by atoms with Gasteiger partial charge in [-0.2, -0.15) is 0 Å². The van der Waals surface area contributed by atoms with Crippen LogP contribution in [0.3, 0.4) is 0 Å². The summed E-state index contributed by atoms with van der Waals surface area (Å²) in [4.78, 5) is 21.4. The number of hydrogen-bond donors (Lipinski definition) is 0. The summed E-state index contributed by atoms with van der Waals surface area (Å²) in [5.41, 5.74) is 3.32. The molecule has 4 rings (SSSR count). The van der Waals surface area contributed by atoms with Crippen LogP contribution in [-0.2, 0) is 22.7 Å². The maximum absolute atomic E-state index is 13.1. The molecule has 5 nitrogen and oxygen atoms in total. The van der Waals surface area contributed by atoms with Gasteiger partial charge >= 0.3 is 0 Å². The molecular weight excluding hydrogens is 386 g/mol. The fourth-order valence-corrected chi connectivity index (χ4v) is 3.91. The first-order chi connectivity index (χ1) is 15.3. The van der Waals surface area contributed by atoms with Gasteiger partial charge in [0.1, 0.15) is 0 Å². The average molecular weight is 416 g/mol. The van der Waals surface area contributed by atoms with E-state index >= 15 is 0 Å². The highest BCUT2D eigenvalue weighted by Gasteiger charge is 2.24. The number of likely N-dealkylation sites (tertiary alicyclic amines) is 1. The largest absolute Gasteiger partial charge is 0.373 e. The SMILES string of the molecule is O=C(CN(Cc1cccnc1)c1ccccc1)N1CCC(OCc2ccccc2)CC1. The molecule has 0 spiro atoms. The van der Waals surface area contributed by atoms with Crippen molar-refractivity contribution in [2.75, 3.05) is 24.5 Å². The van der Waals surface area contributed by atoms with Gasteiger partial charge in [-0.05, 0) is 42.2 Å². The van der Waals surface area contributed by atoms with Gasteiger partial charge < -0.3 is 14.5 Å². The Hall–Kier alpha value is -3.18. The Morgan fingerprint density at radius 1 is 0.935 bits per heavy atom. The third kappa shape index (κ3) is 6.15. The van der Waals surface area contributed by atoms with E-state index < -0.39 is 0 Å². The highest BCUT2D eigenvalue weighted by atomic mass is 16.5. The predicted octanol–water partition coefficient (Wildman–Crippen LogP) is 4.30. The maximum Gasteiger partial charge on any atom is 0.242 e. The number of nitrogens with zero attached hydrogens (tertiary/aromatic N) is 3. The smallest absolute Gasteiger partial charge is 0.242 e. The summed E-state index contributed by atoms with van der Waals surface area (Å²) in [5.74, 6) is 0.161. The average Bonchev–Trinajstić information content (AvgIpc) is 2.84. The molecule has 160 valence electrons. The van der Waals surface area contributed by atoms with E-state index in [4.69, 9.17) is 4.74 Å². The normalized spacial score (nSPS) is 14.4. The number of rotatable bonds is 8. The second-order valence-electron chi connectivity index (χ2n) is 7.93. The molecule has 0 saturated carbocycles. The topological polar surface area (TPSA) is 45.7 Å². The highest BCUT2D eigenvalue weighted by Crippen LogP contribution is 2.19. The van der Waals surface area contributed by atoms with Gasteiger partial charge in [0.15, 0.2) is 0 Å². The number of carbonyl (C=O) groups is 1. The summed E-state index contributed by atoms with van der Waals surface area (Å²) in [6.45, 7) is 3.13. The zero-order valence-corrected chi connectivity index (χ0v) is 17.8. The first kappa shape index (κ1) is 21.1. The molecule has 0 aliphatic carbocycles. The van der Waals surface area contributed by atoms with Gasteiger partial charge in [0.25, 0.3) is 0 Å². The molecule has 1 aliphatic heterocycles. The number of carbonyl (C=O) groups excluding carboxylic acids is 1. The van der Waals surface area contributed by atoms with E-state index in [-0.39, 0.29) is 12.0 Å². The van der Waals surface area contributed by atoms with Crippen molar-refractivity contribution in [1.29, 1.82) is 0 Å². The molecule has 0 unspecified atom stereocenters. The Balaban J connectivity index is 1.31. The number of para-hydroxylation sites is 1. The summed E-state index contributed by atoms with van der Waals surface area (Å²) >= 11 is 0. The summed E-state index contributed by atoms with van der Waals surface area (Å²) < 4.78 is 6.07. The molecule has 1 aliphatic rings. The molecular formula is C26H29N3O2. The first-order valence-corrected chi connectivity index (χ1v) is 10.9. The third-order valence-corrected chi connectivity index (χ3v) is 5.67. The van der Waals surface area contributed by atoms with Gasteiger partial charge in [-0.15, -0.1) is 0 Å². The number of hydrogen-bond acceptors (Lipinski definition) is 4. The van der Waals surface area contributed by atoms with Crippen molar-refractivity contribution in [2.45, 2.75) is 32.1 Å². The molecule has 2 heterocycles. The zero-order chi connectivity index (χ0) is 21.3. The lowest BCUT2D eigenvalue weighted by Gasteiger charge is -2.34. The Morgan fingerprint density at radius 2 is 1.61 bits per heavy atom. The number of piperidine rings is 1. The lowest BCUT2D eigenvalue weighted by Crippen LogP contribution is -2.45. The minimum Gasteiger partial charge on any atom is -0.373 e. The number of pyridine rings is 1. The van der Waals surface area contributed by atoms with E-state index in [0.29, 0.717) is 19.7 Å². The minimum atomic E-state index is 0.161. The van der Waals surface area contributed by atoms with Gasteiger partial charge in [0.05, 0.1) is 19.3 Å². The fraction of sp³-hybridized carbons (Fsp3) is 0.308. The molecule has 31 heavy (non-hydrogen) atoms. The van der Waals surface area contributed by atoms with E-state index in [1.165, 1.54) is 5.56 Å². The first-order valence-electron chi connectivity index (χ1n) is 10.9. The van der Waals surface area contributed by atoms with Crippen molar-refractivity contribution in [1.82, 2.24) is 9.88 Å². The van der Waals surface area contributed by atoms with Crippen LogP contribution < -0.4 is 4.90 Å². The molecule has 3 aromatic rings. The quantitative estimate of drug-likeness (QED) is 0.550. The van der Waals surface area contributed by atoms with Crippen LogP contribution in [0.1, 0.15) is 24.0 Å². The van der Waals surface area contributed by atoms with Gasteiger partial charge in [-0.3, -0.25) is 9.78 Å². The number of benzene rings is 2. The maximum atomic E-state index is 13.1. The van der Waals surface area contributed by atoms with Gasteiger partial charge in [0, 0.05) is 37.7 Å². The molecule has 0 atom stereocenters. The third-order valence-electron chi connectivity index (χ3n) is 5.67. The highest BCUT2D eigenvalue weighted by molar-refractivity contribution is 5.81. The molecule has 1 fully saturated rings. The molecule has 2 aromatic carbocycles.